The van der Waals surface area contributed by atoms with Gasteiger partial charge >= 0.3 is 5.97 Å². The lowest BCUT2D eigenvalue weighted by Gasteiger charge is -2.29. The average molecular weight is 551 g/mol. The number of aliphatic carboxylic acids is 1. The number of likely N-dealkylation sites (N-methyl/N-ethyl adjacent to an activating group) is 1. The first-order valence-corrected chi connectivity index (χ1v) is 12.9. The summed E-state index contributed by atoms with van der Waals surface area (Å²) >= 11 is 3.35. The van der Waals surface area contributed by atoms with Gasteiger partial charge in [-0.3, -0.25) is 9.80 Å². The van der Waals surface area contributed by atoms with Crippen molar-refractivity contribution in [3.05, 3.63) is 40.4 Å². The van der Waals surface area contributed by atoms with E-state index in [1.54, 1.807) is 11.1 Å². The molecule has 0 spiro atoms. The summed E-state index contributed by atoms with van der Waals surface area (Å²) in [6.45, 7) is 2.71. The Balaban J connectivity index is 1.53. The van der Waals surface area contributed by atoms with Gasteiger partial charge in [-0.05, 0) is 86.7 Å². The second kappa shape index (κ2) is 13.7. The molecule has 4 N–H and O–H groups in total. The predicted octanol–water partition coefficient (Wildman–Crippen LogP) is 2.45. The molecule has 11 heteroatoms. The highest BCUT2D eigenvalue weighted by Gasteiger charge is 2.21. The Morgan fingerprint density at radius 1 is 1.29 bits per heavy atom. The minimum absolute atomic E-state index is 0.365. The second-order valence-electron chi connectivity index (χ2n) is 9.09. The number of hydrogen-bond donors (Lipinski definition) is 4. The summed E-state index contributed by atoms with van der Waals surface area (Å²) in [5.41, 5.74) is 2.38. The quantitative estimate of drug-likeness (QED) is 0.206. The molecule has 1 aliphatic heterocycles. The molecule has 0 aromatic carbocycles. The number of aliphatic hydroxyl groups excluding tert-OH is 1. The summed E-state index contributed by atoms with van der Waals surface area (Å²) in [6, 6.07) is 3.49. The van der Waals surface area contributed by atoms with Crippen LogP contribution in [-0.2, 0) is 17.6 Å². The fourth-order valence-electron chi connectivity index (χ4n) is 3.99. The van der Waals surface area contributed by atoms with E-state index >= 15 is 0 Å². The van der Waals surface area contributed by atoms with E-state index < -0.39 is 18.2 Å². The summed E-state index contributed by atoms with van der Waals surface area (Å²) in [4.78, 5) is 28.5. The van der Waals surface area contributed by atoms with E-state index in [1.165, 1.54) is 11.9 Å². The van der Waals surface area contributed by atoms with Crippen molar-refractivity contribution in [1.29, 1.82) is 0 Å². The SMILES string of the molecule is CN(C)C(O)CN(CCCCc1ccc2c(n1)NCCC2)CC[C@H](Nc1ncncc1Br)C(=O)O. The number of nitrogens with zero attached hydrogens (tertiary/aromatic N) is 5. The Morgan fingerprint density at radius 3 is 2.86 bits per heavy atom. The average Bonchev–Trinajstić information content (AvgIpc) is 2.84. The number of pyridine rings is 1. The molecule has 3 rings (SSSR count). The molecular weight excluding hydrogens is 514 g/mol. The number of nitrogens with one attached hydrogen (secondary N) is 2. The summed E-state index contributed by atoms with van der Waals surface area (Å²) in [5, 5.41) is 26.5. The van der Waals surface area contributed by atoms with E-state index in [1.807, 2.05) is 14.1 Å². The third kappa shape index (κ3) is 8.68. The van der Waals surface area contributed by atoms with Crippen LogP contribution in [0.4, 0.5) is 11.6 Å². The number of unbranched alkanes of at least 4 members (excludes halogenated alkanes) is 1. The van der Waals surface area contributed by atoms with Crippen molar-refractivity contribution in [2.75, 3.05) is 50.9 Å². The lowest BCUT2D eigenvalue weighted by Crippen LogP contribution is -2.43. The van der Waals surface area contributed by atoms with E-state index in [2.05, 4.69) is 53.6 Å². The van der Waals surface area contributed by atoms with Crippen LogP contribution in [0.25, 0.3) is 0 Å². The van der Waals surface area contributed by atoms with Crippen LogP contribution in [0.5, 0.6) is 0 Å². The topological polar surface area (TPSA) is 127 Å². The number of carboxylic acid groups (broad SMARTS) is 1. The lowest BCUT2D eigenvalue weighted by atomic mass is 10.1. The van der Waals surface area contributed by atoms with Gasteiger partial charge in [0, 0.05) is 31.5 Å². The first-order valence-electron chi connectivity index (χ1n) is 12.1. The van der Waals surface area contributed by atoms with Crippen LogP contribution in [0.2, 0.25) is 0 Å². The number of halogens is 1. The van der Waals surface area contributed by atoms with Crippen LogP contribution in [0.3, 0.4) is 0 Å². The maximum absolute atomic E-state index is 11.9. The molecule has 192 valence electrons. The van der Waals surface area contributed by atoms with Crippen molar-refractivity contribution in [3.8, 4) is 0 Å². The third-order valence-electron chi connectivity index (χ3n) is 6.14. The maximum atomic E-state index is 11.9. The van der Waals surface area contributed by atoms with Crippen LogP contribution >= 0.6 is 15.9 Å². The number of aryl methyl sites for hydroxylation is 2. The van der Waals surface area contributed by atoms with Crippen LogP contribution in [0.15, 0.2) is 29.1 Å². The van der Waals surface area contributed by atoms with Gasteiger partial charge in [-0.2, -0.15) is 0 Å². The van der Waals surface area contributed by atoms with Gasteiger partial charge in [0.25, 0.3) is 0 Å². The molecule has 0 amide bonds. The molecule has 0 fully saturated rings. The Labute approximate surface area is 215 Å². The van der Waals surface area contributed by atoms with Gasteiger partial charge < -0.3 is 20.8 Å². The summed E-state index contributed by atoms with van der Waals surface area (Å²) < 4.78 is 0.608. The third-order valence-corrected chi connectivity index (χ3v) is 6.72. The van der Waals surface area contributed by atoms with Gasteiger partial charge in [0.05, 0.1) is 4.47 Å². The number of rotatable bonds is 14. The van der Waals surface area contributed by atoms with Gasteiger partial charge in [0.2, 0.25) is 0 Å². The fourth-order valence-corrected chi connectivity index (χ4v) is 4.33. The van der Waals surface area contributed by atoms with Crippen molar-refractivity contribution in [2.45, 2.75) is 50.8 Å². The molecule has 1 aliphatic rings. The van der Waals surface area contributed by atoms with Crippen LogP contribution in [0, 0.1) is 0 Å². The van der Waals surface area contributed by atoms with Gasteiger partial charge in [0.1, 0.15) is 30.2 Å². The lowest BCUT2D eigenvalue weighted by molar-refractivity contribution is -0.138. The van der Waals surface area contributed by atoms with Crippen LogP contribution in [-0.4, -0.2) is 93.5 Å². The second-order valence-corrected chi connectivity index (χ2v) is 9.94. The number of carboxylic acids is 1. The van der Waals surface area contributed by atoms with Crippen molar-refractivity contribution in [3.63, 3.8) is 0 Å². The van der Waals surface area contributed by atoms with Crippen LogP contribution in [0.1, 0.15) is 36.9 Å². The molecular formula is C24H36BrN7O3. The highest BCUT2D eigenvalue weighted by Crippen LogP contribution is 2.21. The fraction of sp³-hybridized carbons (Fsp3) is 0.583. The normalized spacial score (nSPS) is 14.9. The summed E-state index contributed by atoms with van der Waals surface area (Å²) in [7, 11) is 3.65. The Hall–Kier alpha value is -2.34. The molecule has 10 nitrogen and oxygen atoms in total. The zero-order valence-corrected chi connectivity index (χ0v) is 22.0. The molecule has 2 atom stereocenters. The molecule has 0 bridgehead atoms. The van der Waals surface area contributed by atoms with E-state index in [0.29, 0.717) is 29.8 Å². The largest absolute Gasteiger partial charge is 0.480 e. The Bertz CT molecular complexity index is 962. The molecule has 35 heavy (non-hydrogen) atoms. The zero-order valence-electron chi connectivity index (χ0n) is 20.5. The monoisotopic (exact) mass is 549 g/mol. The van der Waals surface area contributed by atoms with E-state index in [9.17, 15) is 15.0 Å². The number of carbonyl (C=O) groups is 1. The van der Waals surface area contributed by atoms with E-state index in [4.69, 9.17) is 4.98 Å². The van der Waals surface area contributed by atoms with Crippen molar-refractivity contribution in [2.24, 2.45) is 0 Å². The maximum Gasteiger partial charge on any atom is 0.326 e. The highest BCUT2D eigenvalue weighted by atomic mass is 79.9. The van der Waals surface area contributed by atoms with Gasteiger partial charge in [-0.15, -0.1) is 0 Å². The number of anilines is 2. The van der Waals surface area contributed by atoms with Crippen molar-refractivity contribution in [1.82, 2.24) is 24.8 Å². The molecule has 0 saturated heterocycles. The number of aromatic nitrogens is 3. The molecule has 0 saturated carbocycles. The van der Waals surface area contributed by atoms with Crippen molar-refractivity contribution >= 4 is 33.5 Å². The van der Waals surface area contributed by atoms with Crippen LogP contribution < -0.4 is 10.6 Å². The molecule has 2 aromatic rings. The molecule has 2 aromatic heterocycles. The Morgan fingerprint density at radius 2 is 2.11 bits per heavy atom. The summed E-state index contributed by atoms with van der Waals surface area (Å²) in [5.74, 6) is 0.516. The minimum atomic E-state index is -0.948. The smallest absolute Gasteiger partial charge is 0.326 e. The predicted molar refractivity (Wildman–Crippen MR) is 140 cm³/mol. The highest BCUT2D eigenvalue weighted by molar-refractivity contribution is 9.10. The summed E-state index contributed by atoms with van der Waals surface area (Å²) in [6.07, 6.45) is 7.70. The number of fused-ring (bicyclic) bond motifs is 1. The first-order chi connectivity index (χ1) is 16.8. The number of aliphatic hydroxyl groups is 1. The first kappa shape index (κ1) is 27.3. The van der Waals surface area contributed by atoms with E-state index in [0.717, 1.165) is 56.7 Å². The van der Waals surface area contributed by atoms with E-state index in [-0.39, 0.29) is 0 Å². The molecule has 1 unspecified atom stereocenters. The molecule has 0 aliphatic carbocycles. The molecule has 0 radical (unpaired) electrons. The van der Waals surface area contributed by atoms with Gasteiger partial charge in [0.15, 0.2) is 0 Å². The Kier molecular flexibility index (Phi) is 10.6. The molecule has 3 heterocycles. The van der Waals surface area contributed by atoms with Gasteiger partial charge in [-0.1, -0.05) is 6.07 Å². The minimum Gasteiger partial charge on any atom is -0.480 e. The van der Waals surface area contributed by atoms with Gasteiger partial charge in [-0.25, -0.2) is 19.7 Å². The van der Waals surface area contributed by atoms with Crippen molar-refractivity contribution < 1.29 is 15.0 Å². The number of hydrogen-bond acceptors (Lipinski definition) is 9. The standard InChI is InChI=1S/C24H36BrN7O3/c1-31(2)21(33)15-32(13-10-20(24(34)35)30-23-19(25)14-26-16-28-23)12-4-3-7-18-9-8-17-6-5-11-27-22(17)29-18/h8-9,14,16,20-21,33H,3-7,10-13,15H2,1-2H3,(H,27,29)(H,34,35)(H,26,28,30)/t20-,21?/m0/s1. The zero-order chi connectivity index (χ0) is 25.2.